The SMILES string of the molecule is O=C(O)[C@@H](O)c1ccc(-n2ccnc2)cc1. The van der Waals surface area contributed by atoms with Gasteiger partial charge < -0.3 is 14.8 Å². The standard InChI is InChI=1S/C11H10N2O3/c14-10(11(15)16)8-1-3-9(4-2-8)13-6-5-12-7-13/h1-7,10,14H,(H,15,16)/t10-/m0/s1. The highest BCUT2D eigenvalue weighted by Crippen LogP contribution is 2.15. The Labute approximate surface area is 91.6 Å². The lowest BCUT2D eigenvalue weighted by molar-refractivity contribution is -0.146. The van der Waals surface area contributed by atoms with Crippen LogP contribution >= 0.6 is 0 Å². The quantitative estimate of drug-likeness (QED) is 0.805. The molecule has 2 N–H and O–H groups in total. The van der Waals surface area contributed by atoms with Gasteiger partial charge in [0.1, 0.15) is 0 Å². The molecule has 82 valence electrons. The van der Waals surface area contributed by atoms with Gasteiger partial charge in [-0.15, -0.1) is 0 Å². The predicted molar refractivity (Wildman–Crippen MR) is 56.2 cm³/mol. The van der Waals surface area contributed by atoms with Crippen LogP contribution in [0.1, 0.15) is 11.7 Å². The van der Waals surface area contributed by atoms with Crippen LogP contribution in [0.5, 0.6) is 0 Å². The van der Waals surface area contributed by atoms with E-state index in [4.69, 9.17) is 5.11 Å². The minimum Gasteiger partial charge on any atom is -0.479 e. The van der Waals surface area contributed by atoms with Gasteiger partial charge in [-0.2, -0.15) is 0 Å². The Morgan fingerprint density at radius 1 is 1.31 bits per heavy atom. The van der Waals surface area contributed by atoms with E-state index in [9.17, 15) is 9.90 Å². The zero-order chi connectivity index (χ0) is 11.5. The van der Waals surface area contributed by atoms with Gasteiger partial charge in [0.15, 0.2) is 6.10 Å². The molecule has 0 saturated carbocycles. The summed E-state index contributed by atoms with van der Waals surface area (Å²) in [6, 6.07) is 6.61. The summed E-state index contributed by atoms with van der Waals surface area (Å²) in [4.78, 5) is 14.5. The maximum absolute atomic E-state index is 10.5. The van der Waals surface area contributed by atoms with Gasteiger partial charge in [-0.05, 0) is 17.7 Å². The summed E-state index contributed by atoms with van der Waals surface area (Å²) in [5, 5.41) is 17.9. The number of aliphatic carboxylic acids is 1. The Morgan fingerprint density at radius 2 is 2.00 bits per heavy atom. The molecule has 1 atom stereocenters. The Balaban J connectivity index is 2.26. The first kappa shape index (κ1) is 10.4. The van der Waals surface area contributed by atoms with E-state index in [0.29, 0.717) is 5.56 Å². The van der Waals surface area contributed by atoms with Crippen molar-refractivity contribution in [3.05, 3.63) is 48.5 Å². The summed E-state index contributed by atoms with van der Waals surface area (Å²) in [5.74, 6) is -1.25. The van der Waals surface area contributed by atoms with E-state index in [2.05, 4.69) is 4.98 Å². The molecule has 0 aliphatic carbocycles. The van der Waals surface area contributed by atoms with E-state index in [1.54, 1.807) is 47.6 Å². The molecule has 0 unspecified atom stereocenters. The molecular formula is C11H10N2O3. The highest BCUT2D eigenvalue weighted by molar-refractivity contribution is 5.74. The number of aliphatic hydroxyl groups is 1. The van der Waals surface area contributed by atoms with Crippen LogP contribution in [-0.2, 0) is 4.79 Å². The van der Waals surface area contributed by atoms with Crippen LogP contribution in [0.2, 0.25) is 0 Å². The second-order valence-corrected chi connectivity index (χ2v) is 3.30. The first-order chi connectivity index (χ1) is 7.68. The van der Waals surface area contributed by atoms with Crippen LogP contribution in [0.15, 0.2) is 43.0 Å². The van der Waals surface area contributed by atoms with Gasteiger partial charge in [0.2, 0.25) is 0 Å². The van der Waals surface area contributed by atoms with Crippen molar-refractivity contribution in [2.45, 2.75) is 6.10 Å². The highest BCUT2D eigenvalue weighted by atomic mass is 16.4. The minimum atomic E-state index is -1.48. The lowest BCUT2D eigenvalue weighted by Crippen LogP contribution is -2.10. The molecule has 0 bridgehead atoms. The topological polar surface area (TPSA) is 75.3 Å². The van der Waals surface area contributed by atoms with E-state index in [0.717, 1.165) is 5.69 Å². The van der Waals surface area contributed by atoms with E-state index < -0.39 is 12.1 Å². The van der Waals surface area contributed by atoms with Crippen LogP contribution in [-0.4, -0.2) is 25.7 Å². The molecule has 1 aromatic carbocycles. The van der Waals surface area contributed by atoms with Crippen molar-refractivity contribution in [3.63, 3.8) is 0 Å². The van der Waals surface area contributed by atoms with Gasteiger partial charge in [0.25, 0.3) is 0 Å². The van der Waals surface area contributed by atoms with E-state index in [1.807, 2.05) is 0 Å². The predicted octanol–water partition coefficient (Wildman–Crippen LogP) is 0.990. The molecule has 5 heteroatoms. The molecule has 0 saturated heterocycles. The normalized spacial score (nSPS) is 12.3. The first-order valence-electron chi connectivity index (χ1n) is 4.67. The number of hydrogen-bond acceptors (Lipinski definition) is 3. The molecule has 1 heterocycles. The van der Waals surface area contributed by atoms with Crippen molar-refractivity contribution < 1.29 is 15.0 Å². The van der Waals surface area contributed by atoms with Gasteiger partial charge in [0.05, 0.1) is 6.33 Å². The average Bonchev–Trinajstić information content (AvgIpc) is 2.81. The number of hydrogen-bond donors (Lipinski definition) is 2. The number of benzene rings is 1. The zero-order valence-electron chi connectivity index (χ0n) is 8.32. The Bertz CT molecular complexity index is 476. The molecule has 2 rings (SSSR count). The number of carboxylic acid groups (broad SMARTS) is 1. The van der Waals surface area contributed by atoms with Crippen LogP contribution in [0.4, 0.5) is 0 Å². The molecular weight excluding hydrogens is 208 g/mol. The molecule has 5 nitrogen and oxygen atoms in total. The summed E-state index contributed by atoms with van der Waals surface area (Å²) in [5.41, 5.74) is 1.22. The molecule has 0 aliphatic rings. The largest absolute Gasteiger partial charge is 0.479 e. The molecule has 16 heavy (non-hydrogen) atoms. The van der Waals surface area contributed by atoms with Gasteiger partial charge in [-0.25, -0.2) is 9.78 Å². The van der Waals surface area contributed by atoms with Crippen LogP contribution in [0.25, 0.3) is 5.69 Å². The van der Waals surface area contributed by atoms with Gasteiger partial charge in [0, 0.05) is 18.1 Å². The highest BCUT2D eigenvalue weighted by Gasteiger charge is 2.15. The fourth-order valence-corrected chi connectivity index (χ4v) is 1.38. The third-order valence-electron chi connectivity index (χ3n) is 2.25. The number of aliphatic hydroxyl groups excluding tert-OH is 1. The lowest BCUT2D eigenvalue weighted by atomic mass is 10.1. The number of rotatable bonds is 3. The van der Waals surface area contributed by atoms with Crippen LogP contribution in [0.3, 0.4) is 0 Å². The molecule has 0 spiro atoms. The van der Waals surface area contributed by atoms with Crippen molar-refractivity contribution in [3.8, 4) is 5.69 Å². The smallest absolute Gasteiger partial charge is 0.337 e. The average molecular weight is 218 g/mol. The third kappa shape index (κ3) is 1.94. The molecule has 1 aromatic heterocycles. The van der Waals surface area contributed by atoms with Crippen LogP contribution < -0.4 is 0 Å². The molecule has 0 radical (unpaired) electrons. The van der Waals surface area contributed by atoms with Crippen molar-refractivity contribution in [1.82, 2.24) is 9.55 Å². The summed E-state index contributed by atoms with van der Waals surface area (Å²) >= 11 is 0. The maximum Gasteiger partial charge on any atom is 0.337 e. The molecule has 2 aromatic rings. The van der Waals surface area contributed by atoms with E-state index in [1.165, 1.54) is 0 Å². The monoisotopic (exact) mass is 218 g/mol. The summed E-state index contributed by atoms with van der Waals surface area (Å²) < 4.78 is 1.79. The number of aromatic nitrogens is 2. The Kier molecular flexibility index (Phi) is 2.70. The first-order valence-corrected chi connectivity index (χ1v) is 4.67. The number of nitrogens with zero attached hydrogens (tertiary/aromatic N) is 2. The van der Waals surface area contributed by atoms with Crippen LogP contribution in [0, 0.1) is 0 Å². The zero-order valence-corrected chi connectivity index (χ0v) is 8.32. The molecule has 0 amide bonds. The Morgan fingerprint density at radius 3 is 2.50 bits per heavy atom. The van der Waals surface area contributed by atoms with Crippen molar-refractivity contribution in [2.75, 3.05) is 0 Å². The summed E-state index contributed by atoms with van der Waals surface area (Å²) in [6.07, 6.45) is 3.60. The van der Waals surface area contributed by atoms with Crippen molar-refractivity contribution in [2.24, 2.45) is 0 Å². The number of carbonyl (C=O) groups is 1. The fourth-order valence-electron chi connectivity index (χ4n) is 1.38. The third-order valence-corrected chi connectivity index (χ3v) is 2.25. The second-order valence-electron chi connectivity index (χ2n) is 3.30. The Hall–Kier alpha value is -2.14. The van der Waals surface area contributed by atoms with E-state index >= 15 is 0 Å². The summed E-state index contributed by atoms with van der Waals surface area (Å²) in [6.45, 7) is 0. The number of carboxylic acids is 1. The lowest BCUT2D eigenvalue weighted by Gasteiger charge is -2.07. The van der Waals surface area contributed by atoms with Gasteiger partial charge in [-0.3, -0.25) is 0 Å². The van der Waals surface area contributed by atoms with E-state index in [-0.39, 0.29) is 0 Å². The fraction of sp³-hybridized carbons (Fsp3) is 0.0909. The summed E-state index contributed by atoms with van der Waals surface area (Å²) in [7, 11) is 0. The van der Waals surface area contributed by atoms with Crippen molar-refractivity contribution in [1.29, 1.82) is 0 Å². The second kappa shape index (κ2) is 4.16. The maximum atomic E-state index is 10.5. The van der Waals surface area contributed by atoms with Gasteiger partial charge >= 0.3 is 5.97 Å². The minimum absolute atomic E-state index is 0.358. The van der Waals surface area contributed by atoms with Crippen molar-refractivity contribution >= 4 is 5.97 Å². The number of imidazole rings is 1. The molecule has 0 aliphatic heterocycles. The van der Waals surface area contributed by atoms with Gasteiger partial charge in [-0.1, -0.05) is 12.1 Å². The molecule has 0 fully saturated rings.